The predicted octanol–water partition coefficient (Wildman–Crippen LogP) is 3.10. The number of benzene rings is 1. The van der Waals surface area contributed by atoms with Crippen LogP contribution >= 0.6 is 0 Å². The Labute approximate surface area is 106 Å². The van der Waals surface area contributed by atoms with Gasteiger partial charge in [-0.15, -0.1) is 0 Å². The Morgan fingerprint density at radius 2 is 2.11 bits per heavy atom. The molecule has 18 heavy (non-hydrogen) atoms. The fraction of sp³-hybridized carbons (Fsp3) is 0.286. The molecule has 0 N–H and O–H groups in total. The molecule has 1 aromatic carbocycles. The second kappa shape index (κ2) is 5.43. The van der Waals surface area contributed by atoms with Crippen LogP contribution in [0.5, 0.6) is 5.75 Å². The lowest BCUT2D eigenvalue weighted by Gasteiger charge is -2.08. The first-order valence-corrected chi connectivity index (χ1v) is 5.84. The SMILES string of the molecule is COc1ccc(C)cc1N=C1C=CC(=[N+]=[N-])CC1. The molecule has 0 atom stereocenters. The van der Waals surface area contributed by atoms with Crippen LogP contribution in [0.3, 0.4) is 0 Å². The normalized spacial score (nSPS) is 16.8. The Balaban J connectivity index is 2.34. The third-order valence-electron chi connectivity index (χ3n) is 2.83. The third-order valence-corrected chi connectivity index (χ3v) is 2.83. The summed E-state index contributed by atoms with van der Waals surface area (Å²) in [6.07, 6.45) is 5.14. The van der Waals surface area contributed by atoms with Crippen molar-refractivity contribution in [1.29, 1.82) is 0 Å². The van der Waals surface area contributed by atoms with Crippen LogP contribution in [0.25, 0.3) is 5.53 Å². The van der Waals surface area contributed by atoms with Crippen LogP contribution in [0.2, 0.25) is 0 Å². The van der Waals surface area contributed by atoms with Gasteiger partial charge in [0.2, 0.25) is 0 Å². The molecule has 0 spiro atoms. The first-order chi connectivity index (χ1) is 8.72. The van der Waals surface area contributed by atoms with Crippen molar-refractivity contribution in [2.45, 2.75) is 19.8 Å². The van der Waals surface area contributed by atoms with Gasteiger partial charge >= 0.3 is 0 Å². The maximum Gasteiger partial charge on any atom is 0.292 e. The van der Waals surface area contributed by atoms with Crippen LogP contribution < -0.4 is 4.74 Å². The van der Waals surface area contributed by atoms with Gasteiger partial charge in [-0.05, 0) is 30.7 Å². The van der Waals surface area contributed by atoms with E-state index in [0.717, 1.165) is 29.1 Å². The molecule has 1 aliphatic carbocycles. The van der Waals surface area contributed by atoms with Gasteiger partial charge in [0.15, 0.2) is 0 Å². The summed E-state index contributed by atoms with van der Waals surface area (Å²) in [4.78, 5) is 7.77. The van der Waals surface area contributed by atoms with E-state index in [1.165, 1.54) is 0 Å². The van der Waals surface area contributed by atoms with E-state index in [-0.39, 0.29) is 0 Å². The Kier molecular flexibility index (Phi) is 3.70. The van der Waals surface area contributed by atoms with Crippen molar-refractivity contribution in [1.82, 2.24) is 0 Å². The van der Waals surface area contributed by atoms with Crippen molar-refractivity contribution in [3.8, 4) is 5.75 Å². The van der Waals surface area contributed by atoms with E-state index in [1.54, 1.807) is 13.2 Å². The number of methoxy groups -OCH3 is 1. The van der Waals surface area contributed by atoms with Gasteiger partial charge < -0.3 is 10.3 Å². The molecule has 0 saturated carbocycles. The Morgan fingerprint density at radius 3 is 2.72 bits per heavy atom. The fourth-order valence-corrected chi connectivity index (χ4v) is 1.83. The molecule has 0 aromatic heterocycles. The third kappa shape index (κ3) is 2.73. The van der Waals surface area contributed by atoms with Gasteiger partial charge in [-0.25, -0.2) is 4.99 Å². The minimum Gasteiger partial charge on any atom is -0.494 e. The van der Waals surface area contributed by atoms with Crippen LogP contribution in [-0.2, 0) is 0 Å². The van der Waals surface area contributed by atoms with Gasteiger partial charge in [-0.1, -0.05) is 6.07 Å². The van der Waals surface area contributed by atoms with E-state index in [2.05, 4.69) is 9.78 Å². The van der Waals surface area contributed by atoms with E-state index in [0.29, 0.717) is 12.1 Å². The zero-order chi connectivity index (χ0) is 13.0. The summed E-state index contributed by atoms with van der Waals surface area (Å²) in [6.45, 7) is 2.02. The van der Waals surface area contributed by atoms with Crippen molar-refractivity contribution in [2.75, 3.05) is 7.11 Å². The number of nitrogens with zero attached hydrogens (tertiary/aromatic N) is 3. The Bertz CT molecular complexity index is 566. The second-order valence-electron chi connectivity index (χ2n) is 4.20. The first kappa shape index (κ1) is 12.3. The number of ether oxygens (including phenoxy) is 1. The molecule has 4 heteroatoms. The largest absolute Gasteiger partial charge is 0.494 e. The second-order valence-corrected chi connectivity index (χ2v) is 4.20. The highest BCUT2D eigenvalue weighted by Gasteiger charge is 2.12. The summed E-state index contributed by atoms with van der Waals surface area (Å²) < 4.78 is 5.29. The lowest BCUT2D eigenvalue weighted by molar-refractivity contribution is -0.00621. The van der Waals surface area contributed by atoms with Gasteiger partial charge in [-0.3, -0.25) is 0 Å². The molecule has 0 amide bonds. The minimum atomic E-state index is 0.685. The highest BCUT2D eigenvalue weighted by atomic mass is 16.5. The summed E-state index contributed by atoms with van der Waals surface area (Å²) in [7, 11) is 1.64. The maximum atomic E-state index is 8.66. The molecule has 92 valence electrons. The zero-order valence-electron chi connectivity index (χ0n) is 10.6. The van der Waals surface area contributed by atoms with E-state index < -0.39 is 0 Å². The van der Waals surface area contributed by atoms with Gasteiger partial charge in [-0.2, -0.15) is 4.79 Å². The molecule has 0 aliphatic heterocycles. The summed E-state index contributed by atoms with van der Waals surface area (Å²) in [5, 5.41) is 0. The number of aryl methyl sites for hydroxylation is 1. The summed E-state index contributed by atoms with van der Waals surface area (Å²) in [5.74, 6) is 0.767. The summed E-state index contributed by atoms with van der Waals surface area (Å²) >= 11 is 0. The molecule has 0 heterocycles. The zero-order valence-corrected chi connectivity index (χ0v) is 10.6. The van der Waals surface area contributed by atoms with Crippen LogP contribution in [0.4, 0.5) is 5.69 Å². The van der Waals surface area contributed by atoms with Crippen molar-refractivity contribution < 1.29 is 9.53 Å². The van der Waals surface area contributed by atoms with Crippen molar-refractivity contribution in [2.24, 2.45) is 4.99 Å². The Hall–Kier alpha value is -2.19. The molecule has 1 aromatic rings. The topological polar surface area (TPSA) is 58.0 Å². The van der Waals surface area contributed by atoms with E-state index in [1.807, 2.05) is 31.2 Å². The van der Waals surface area contributed by atoms with Crippen LogP contribution in [0.1, 0.15) is 18.4 Å². The first-order valence-electron chi connectivity index (χ1n) is 5.84. The average molecular weight is 241 g/mol. The lowest BCUT2D eigenvalue weighted by atomic mass is 10.0. The van der Waals surface area contributed by atoms with Crippen LogP contribution in [0.15, 0.2) is 35.3 Å². The fourth-order valence-electron chi connectivity index (χ4n) is 1.83. The van der Waals surface area contributed by atoms with Gasteiger partial charge in [0.1, 0.15) is 11.4 Å². The number of hydrogen-bond acceptors (Lipinski definition) is 2. The summed E-state index contributed by atoms with van der Waals surface area (Å²) in [6, 6.07) is 5.91. The molecule has 0 saturated heterocycles. The molecule has 2 rings (SSSR count). The molecule has 0 radical (unpaired) electrons. The molecule has 0 bridgehead atoms. The van der Waals surface area contributed by atoms with Gasteiger partial charge in [0, 0.05) is 18.2 Å². The highest BCUT2D eigenvalue weighted by molar-refractivity contribution is 6.08. The molecular formula is C14H15N3O. The van der Waals surface area contributed by atoms with E-state index in [9.17, 15) is 0 Å². The van der Waals surface area contributed by atoms with Crippen LogP contribution in [-0.4, -0.2) is 23.3 Å². The van der Waals surface area contributed by atoms with E-state index >= 15 is 0 Å². The van der Waals surface area contributed by atoms with E-state index in [4.69, 9.17) is 10.3 Å². The lowest BCUT2D eigenvalue weighted by Crippen LogP contribution is -2.07. The van der Waals surface area contributed by atoms with Crippen molar-refractivity contribution in [3.05, 3.63) is 41.4 Å². The van der Waals surface area contributed by atoms with Gasteiger partial charge in [0.05, 0.1) is 13.5 Å². The molecular weight excluding hydrogens is 226 g/mol. The molecule has 0 fully saturated rings. The van der Waals surface area contributed by atoms with Crippen LogP contribution in [0, 0.1) is 6.92 Å². The number of aliphatic imine (C=N–C) groups is 1. The van der Waals surface area contributed by atoms with Crippen molar-refractivity contribution in [3.63, 3.8) is 0 Å². The molecule has 4 nitrogen and oxygen atoms in total. The Morgan fingerprint density at radius 1 is 1.28 bits per heavy atom. The summed E-state index contributed by atoms with van der Waals surface area (Å²) in [5.41, 5.74) is 12.3. The predicted molar refractivity (Wildman–Crippen MR) is 71.8 cm³/mol. The molecule has 0 unspecified atom stereocenters. The quantitative estimate of drug-likeness (QED) is 0.579. The highest BCUT2D eigenvalue weighted by Crippen LogP contribution is 2.29. The maximum absolute atomic E-state index is 8.66. The number of allylic oxidation sites excluding steroid dienone is 2. The number of hydrogen-bond donors (Lipinski definition) is 0. The standard InChI is InChI=1S/C14H15N3O/c1-10-3-8-14(18-2)13(9-10)16-11-4-6-12(17-15)7-5-11/h3-4,6,8-9H,5,7H2,1-2H3. The smallest absolute Gasteiger partial charge is 0.292 e. The van der Waals surface area contributed by atoms with Crippen molar-refractivity contribution >= 4 is 17.1 Å². The monoisotopic (exact) mass is 241 g/mol. The number of rotatable bonds is 2. The molecule has 1 aliphatic rings. The van der Waals surface area contributed by atoms with Gasteiger partial charge in [0.25, 0.3) is 5.71 Å². The average Bonchev–Trinajstić information content (AvgIpc) is 2.40. The minimum absolute atomic E-state index is 0.685.